The standard InChI is InChI=1S/C63H51N/c1-62(2)57-28-13-10-25-53(57)55-27-18-26-51(61(55)62)45-31-34-47(35-32-45)64(48-36-38-54-52-24-11-14-29-58(52)63(59(54)42-48)39-16-5-17-40-63)60-30-15-12-23-50(60)46-33-37-49(43-19-6-3-7-20-43)56(41-46)44-21-8-4-9-22-44/h3-4,6-15,18-38,41-42H,5,16-17,39-40H2,1-2H3. The van der Waals surface area contributed by atoms with E-state index in [-0.39, 0.29) is 10.8 Å². The minimum absolute atomic E-state index is 0.0468. The Labute approximate surface area is 378 Å². The van der Waals surface area contributed by atoms with Gasteiger partial charge < -0.3 is 4.90 Å². The maximum absolute atomic E-state index is 2.56. The van der Waals surface area contributed by atoms with Crippen LogP contribution in [-0.2, 0) is 10.8 Å². The Kier molecular flexibility index (Phi) is 9.16. The largest absolute Gasteiger partial charge is 0.310 e. The molecule has 0 atom stereocenters. The molecule has 0 unspecified atom stereocenters. The molecule has 0 amide bonds. The summed E-state index contributed by atoms with van der Waals surface area (Å²) in [7, 11) is 0. The van der Waals surface area contributed by atoms with Crippen molar-refractivity contribution in [2.75, 3.05) is 4.90 Å². The molecule has 1 heteroatoms. The molecular weight excluding hydrogens is 771 g/mol. The van der Waals surface area contributed by atoms with E-state index in [1.807, 2.05) is 0 Å². The molecule has 1 saturated carbocycles. The topological polar surface area (TPSA) is 3.24 Å². The second-order valence-electron chi connectivity index (χ2n) is 18.7. The summed E-state index contributed by atoms with van der Waals surface area (Å²) in [5, 5.41) is 0. The number of fused-ring (bicyclic) bond motifs is 8. The molecule has 3 aliphatic carbocycles. The average Bonchev–Trinajstić information content (AvgIpc) is 3.76. The first-order chi connectivity index (χ1) is 31.5. The molecule has 0 aliphatic heterocycles. The SMILES string of the molecule is CC1(C)c2ccccc2-c2cccc(-c3ccc(N(c4ccc5c(c4)C4(CCCCC4)c4ccccc4-5)c4ccccc4-c4ccc(-c5ccccc5)c(-c5ccccc5)c4)cc3)c21. The number of hydrogen-bond acceptors (Lipinski definition) is 1. The van der Waals surface area contributed by atoms with Gasteiger partial charge in [0, 0.05) is 27.8 Å². The summed E-state index contributed by atoms with van der Waals surface area (Å²) in [5.41, 5.74) is 24.6. The van der Waals surface area contributed by atoms with Gasteiger partial charge in [0.2, 0.25) is 0 Å². The van der Waals surface area contributed by atoms with Crippen LogP contribution < -0.4 is 4.90 Å². The lowest BCUT2D eigenvalue weighted by molar-refractivity contribution is 0.353. The fourth-order valence-corrected chi connectivity index (χ4v) is 11.9. The van der Waals surface area contributed by atoms with Crippen LogP contribution in [0.4, 0.5) is 17.1 Å². The molecule has 9 aromatic rings. The molecule has 0 bridgehead atoms. The van der Waals surface area contributed by atoms with Crippen LogP contribution in [0.1, 0.15) is 68.2 Å². The van der Waals surface area contributed by atoms with Crippen LogP contribution in [0.5, 0.6) is 0 Å². The van der Waals surface area contributed by atoms with E-state index in [0.29, 0.717) is 0 Å². The van der Waals surface area contributed by atoms with Crippen molar-refractivity contribution in [3.63, 3.8) is 0 Å². The molecule has 1 nitrogen and oxygen atoms in total. The number of hydrogen-bond donors (Lipinski definition) is 0. The van der Waals surface area contributed by atoms with Crippen molar-refractivity contribution in [3.8, 4) is 66.8 Å². The minimum Gasteiger partial charge on any atom is -0.310 e. The van der Waals surface area contributed by atoms with Crippen molar-refractivity contribution in [2.45, 2.75) is 56.8 Å². The maximum atomic E-state index is 2.56. The number of benzene rings is 9. The summed E-state index contributed by atoms with van der Waals surface area (Å²) in [6.07, 6.45) is 6.24. The quantitative estimate of drug-likeness (QED) is 0.155. The molecule has 308 valence electrons. The summed E-state index contributed by atoms with van der Waals surface area (Å²) in [4.78, 5) is 2.53. The first-order valence-corrected chi connectivity index (χ1v) is 23.2. The first kappa shape index (κ1) is 38.5. The lowest BCUT2D eigenvalue weighted by Crippen LogP contribution is -2.28. The van der Waals surface area contributed by atoms with Crippen LogP contribution in [0, 0.1) is 0 Å². The minimum atomic E-state index is -0.0993. The molecule has 0 saturated heterocycles. The monoisotopic (exact) mass is 821 g/mol. The van der Waals surface area contributed by atoms with Crippen molar-refractivity contribution >= 4 is 17.1 Å². The highest BCUT2D eigenvalue weighted by Crippen LogP contribution is 2.58. The summed E-state index contributed by atoms with van der Waals surface area (Å²) in [6, 6.07) is 79.5. The molecule has 9 aromatic carbocycles. The van der Waals surface area contributed by atoms with Gasteiger partial charge in [-0.05, 0) is 133 Å². The van der Waals surface area contributed by atoms with Crippen LogP contribution in [0.15, 0.2) is 212 Å². The predicted octanol–water partition coefficient (Wildman–Crippen LogP) is 17.4. The molecule has 1 fully saturated rings. The Hall–Kier alpha value is -7.22. The van der Waals surface area contributed by atoms with E-state index in [9.17, 15) is 0 Å². The zero-order chi connectivity index (χ0) is 42.8. The smallest absolute Gasteiger partial charge is 0.0540 e. The van der Waals surface area contributed by atoms with Gasteiger partial charge in [-0.3, -0.25) is 0 Å². The van der Waals surface area contributed by atoms with Crippen LogP contribution in [0.3, 0.4) is 0 Å². The third-order valence-corrected chi connectivity index (χ3v) is 14.9. The van der Waals surface area contributed by atoms with E-state index in [1.165, 1.54) is 127 Å². The zero-order valence-corrected chi connectivity index (χ0v) is 36.7. The number of rotatable bonds is 7. The normalized spacial score (nSPS) is 15.0. The Balaban J connectivity index is 1.04. The van der Waals surface area contributed by atoms with E-state index in [4.69, 9.17) is 0 Å². The van der Waals surface area contributed by atoms with Crippen LogP contribution >= 0.6 is 0 Å². The Morgan fingerprint density at radius 3 is 1.58 bits per heavy atom. The number of para-hydroxylation sites is 1. The summed E-state index contributed by atoms with van der Waals surface area (Å²) >= 11 is 0. The molecular formula is C63H51N. The second kappa shape index (κ2) is 15.2. The first-order valence-electron chi connectivity index (χ1n) is 23.2. The molecule has 0 heterocycles. The summed E-state index contributed by atoms with van der Waals surface area (Å²) in [6.45, 7) is 4.77. The Bertz CT molecular complexity index is 3200. The molecule has 64 heavy (non-hydrogen) atoms. The number of nitrogens with zero attached hydrogens (tertiary/aromatic N) is 1. The highest BCUT2D eigenvalue weighted by molar-refractivity contribution is 5.95. The van der Waals surface area contributed by atoms with Gasteiger partial charge in [0.1, 0.15) is 0 Å². The highest BCUT2D eigenvalue weighted by atomic mass is 15.1. The summed E-state index contributed by atoms with van der Waals surface area (Å²) in [5.74, 6) is 0. The van der Waals surface area contributed by atoms with Gasteiger partial charge in [-0.1, -0.05) is 209 Å². The van der Waals surface area contributed by atoms with Gasteiger partial charge in [0.15, 0.2) is 0 Å². The van der Waals surface area contributed by atoms with Crippen LogP contribution in [-0.4, -0.2) is 0 Å². The molecule has 3 aliphatic rings. The van der Waals surface area contributed by atoms with E-state index in [2.05, 4.69) is 231 Å². The second-order valence-corrected chi connectivity index (χ2v) is 18.7. The third-order valence-electron chi connectivity index (χ3n) is 14.9. The molecule has 0 radical (unpaired) electrons. The van der Waals surface area contributed by atoms with Crippen molar-refractivity contribution in [3.05, 3.63) is 235 Å². The maximum Gasteiger partial charge on any atom is 0.0540 e. The van der Waals surface area contributed by atoms with E-state index in [1.54, 1.807) is 0 Å². The summed E-state index contributed by atoms with van der Waals surface area (Å²) < 4.78 is 0. The van der Waals surface area contributed by atoms with E-state index >= 15 is 0 Å². The number of anilines is 3. The molecule has 1 spiro atoms. The molecule has 12 rings (SSSR count). The van der Waals surface area contributed by atoms with Gasteiger partial charge >= 0.3 is 0 Å². The average molecular weight is 822 g/mol. The van der Waals surface area contributed by atoms with Crippen molar-refractivity contribution in [2.24, 2.45) is 0 Å². The Morgan fingerprint density at radius 1 is 0.328 bits per heavy atom. The van der Waals surface area contributed by atoms with Crippen LogP contribution in [0.2, 0.25) is 0 Å². The van der Waals surface area contributed by atoms with Gasteiger partial charge in [0.05, 0.1) is 5.69 Å². The lowest BCUT2D eigenvalue weighted by atomic mass is 9.68. The van der Waals surface area contributed by atoms with Crippen molar-refractivity contribution < 1.29 is 0 Å². The van der Waals surface area contributed by atoms with Crippen molar-refractivity contribution in [1.29, 1.82) is 0 Å². The fourth-order valence-electron chi connectivity index (χ4n) is 11.9. The third kappa shape index (κ3) is 6.05. The highest BCUT2D eigenvalue weighted by Gasteiger charge is 2.44. The fraction of sp³-hybridized carbons (Fsp3) is 0.143. The zero-order valence-electron chi connectivity index (χ0n) is 36.7. The molecule has 0 N–H and O–H groups in total. The van der Waals surface area contributed by atoms with Gasteiger partial charge in [-0.25, -0.2) is 0 Å². The van der Waals surface area contributed by atoms with Gasteiger partial charge in [-0.2, -0.15) is 0 Å². The van der Waals surface area contributed by atoms with Gasteiger partial charge in [0.25, 0.3) is 0 Å². The van der Waals surface area contributed by atoms with Crippen LogP contribution in [0.25, 0.3) is 66.8 Å². The van der Waals surface area contributed by atoms with E-state index in [0.717, 1.165) is 11.4 Å². The molecule has 0 aromatic heterocycles. The Morgan fingerprint density at radius 2 is 0.844 bits per heavy atom. The predicted molar refractivity (Wildman–Crippen MR) is 270 cm³/mol. The van der Waals surface area contributed by atoms with E-state index < -0.39 is 0 Å². The lowest BCUT2D eigenvalue weighted by Gasteiger charge is -2.37. The van der Waals surface area contributed by atoms with Gasteiger partial charge in [-0.15, -0.1) is 0 Å². The van der Waals surface area contributed by atoms with Crippen molar-refractivity contribution in [1.82, 2.24) is 0 Å².